The molecule has 5 nitrogen and oxygen atoms in total. The number of pyridine rings is 1. The van der Waals surface area contributed by atoms with Gasteiger partial charge in [0.1, 0.15) is 10.8 Å². The second-order valence-corrected chi connectivity index (χ2v) is 5.52. The van der Waals surface area contributed by atoms with Crippen LogP contribution in [0.3, 0.4) is 0 Å². The van der Waals surface area contributed by atoms with E-state index in [2.05, 4.69) is 15.5 Å². The predicted molar refractivity (Wildman–Crippen MR) is 88.6 cm³/mol. The van der Waals surface area contributed by atoms with Gasteiger partial charge in [0, 0.05) is 11.8 Å². The summed E-state index contributed by atoms with van der Waals surface area (Å²) in [6, 6.07) is 18.2. The van der Waals surface area contributed by atoms with E-state index in [9.17, 15) is 4.79 Å². The van der Waals surface area contributed by atoms with Crippen molar-refractivity contribution in [1.82, 2.24) is 10.4 Å². The molecule has 0 spiro atoms. The van der Waals surface area contributed by atoms with E-state index in [1.165, 1.54) is 18.0 Å². The lowest BCUT2D eigenvalue weighted by molar-refractivity contribution is 0.0955. The molecule has 2 heterocycles. The van der Waals surface area contributed by atoms with E-state index < -0.39 is 0 Å². The van der Waals surface area contributed by atoms with Gasteiger partial charge in [-0.15, -0.1) is 0 Å². The van der Waals surface area contributed by atoms with Crippen molar-refractivity contribution in [2.45, 2.75) is 10.1 Å². The first-order chi connectivity index (χ1) is 11.3. The molecule has 0 bridgehead atoms. The highest BCUT2D eigenvalue weighted by molar-refractivity contribution is 7.99. The predicted octanol–water partition coefficient (Wildman–Crippen LogP) is 3.59. The molecule has 0 saturated carbocycles. The van der Waals surface area contributed by atoms with Gasteiger partial charge in [0.15, 0.2) is 5.09 Å². The van der Waals surface area contributed by atoms with Gasteiger partial charge in [-0.1, -0.05) is 24.3 Å². The van der Waals surface area contributed by atoms with Gasteiger partial charge in [-0.3, -0.25) is 4.79 Å². The second-order valence-electron chi connectivity index (χ2n) is 4.49. The molecular weight excluding hydrogens is 310 g/mol. The van der Waals surface area contributed by atoms with Gasteiger partial charge < -0.3 is 4.42 Å². The van der Waals surface area contributed by atoms with Crippen LogP contribution in [-0.2, 0) is 0 Å². The monoisotopic (exact) mass is 323 g/mol. The number of aromatic nitrogens is 1. The Kier molecular flexibility index (Phi) is 4.85. The van der Waals surface area contributed by atoms with Crippen molar-refractivity contribution in [2.75, 3.05) is 0 Å². The summed E-state index contributed by atoms with van der Waals surface area (Å²) in [5.74, 6) is 0.285. The fraction of sp³-hybridized carbons (Fsp3) is 0. The summed E-state index contributed by atoms with van der Waals surface area (Å²) in [6.45, 7) is 0. The number of amides is 1. The second kappa shape index (κ2) is 7.42. The van der Waals surface area contributed by atoms with E-state index >= 15 is 0 Å². The van der Waals surface area contributed by atoms with E-state index in [4.69, 9.17) is 4.42 Å². The van der Waals surface area contributed by atoms with Gasteiger partial charge in [0.2, 0.25) is 0 Å². The van der Waals surface area contributed by atoms with Crippen molar-refractivity contribution < 1.29 is 9.21 Å². The SMILES string of the molecule is O=C(N/N=C\c1ccc(Sc2ccccn2)o1)c1ccccc1. The number of hydrogen-bond donors (Lipinski definition) is 1. The van der Waals surface area contributed by atoms with Crippen LogP contribution in [0.15, 0.2) is 86.5 Å². The molecule has 0 aliphatic heterocycles. The lowest BCUT2D eigenvalue weighted by Gasteiger charge is -1.98. The first kappa shape index (κ1) is 15.1. The van der Waals surface area contributed by atoms with Crippen LogP contribution in [0, 0.1) is 0 Å². The maximum absolute atomic E-state index is 11.8. The topological polar surface area (TPSA) is 67.5 Å². The molecule has 23 heavy (non-hydrogen) atoms. The van der Waals surface area contributed by atoms with Gasteiger partial charge in [-0.2, -0.15) is 5.10 Å². The molecule has 0 unspecified atom stereocenters. The summed E-state index contributed by atoms with van der Waals surface area (Å²) >= 11 is 1.42. The summed E-state index contributed by atoms with van der Waals surface area (Å²) in [5.41, 5.74) is 3.01. The van der Waals surface area contributed by atoms with Crippen molar-refractivity contribution in [3.05, 3.63) is 78.2 Å². The Balaban J connectivity index is 1.57. The number of carbonyl (C=O) groups is 1. The van der Waals surface area contributed by atoms with Crippen LogP contribution in [0.5, 0.6) is 0 Å². The Labute approximate surface area is 137 Å². The largest absolute Gasteiger partial charge is 0.448 e. The smallest absolute Gasteiger partial charge is 0.271 e. The first-order valence-electron chi connectivity index (χ1n) is 6.88. The quantitative estimate of drug-likeness (QED) is 0.575. The first-order valence-corrected chi connectivity index (χ1v) is 7.70. The molecule has 6 heteroatoms. The number of furan rings is 1. The number of rotatable bonds is 5. The standard InChI is InChI=1S/C17H13N3O2S/c21-17(13-6-2-1-3-7-13)20-19-12-14-9-10-16(22-14)23-15-8-4-5-11-18-15/h1-12H,(H,20,21)/b19-12-. The maximum atomic E-state index is 11.8. The third kappa shape index (κ3) is 4.31. The van der Waals surface area contributed by atoms with E-state index in [1.54, 1.807) is 36.5 Å². The molecular formula is C17H13N3O2S. The molecule has 0 aliphatic rings. The van der Waals surface area contributed by atoms with Crippen LogP contribution in [0.4, 0.5) is 0 Å². The van der Waals surface area contributed by atoms with E-state index in [0.717, 1.165) is 5.03 Å². The molecule has 114 valence electrons. The average Bonchev–Trinajstić information content (AvgIpc) is 3.04. The average molecular weight is 323 g/mol. The third-order valence-corrected chi connectivity index (χ3v) is 3.71. The van der Waals surface area contributed by atoms with Crippen LogP contribution in [0.1, 0.15) is 16.1 Å². The zero-order chi connectivity index (χ0) is 15.9. The van der Waals surface area contributed by atoms with Crippen LogP contribution in [0.25, 0.3) is 0 Å². The molecule has 1 N–H and O–H groups in total. The fourth-order valence-electron chi connectivity index (χ4n) is 1.78. The molecule has 0 aliphatic carbocycles. The fourth-order valence-corrected chi connectivity index (χ4v) is 2.52. The van der Waals surface area contributed by atoms with Gasteiger partial charge >= 0.3 is 0 Å². The number of nitrogens with one attached hydrogen (secondary N) is 1. The van der Waals surface area contributed by atoms with Crippen molar-refractivity contribution in [1.29, 1.82) is 0 Å². The minimum absolute atomic E-state index is 0.267. The third-order valence-electron chi connectivity index (χ3n) is 2.84. The van der Waals surface area contributed by atoms with Gasteiger partial charge in [-0.05, 0) is 48.2 Å². The number of hydrogen-bond acceptors (Lipinski definition) is 5. The molecule has 3 aromatic rings. The van der Waals surface area contributed by atoms with Crippen LogP contribution < -0.4 is 5.43 Å². The van der Waals surface area contributed by atoms with E-state index in [1.807, 2.05) is 30.3 Å². The lowest BCUT2D eigenvalue weighted by Crippen LogP contribution is -2.17. The van der Waals surface area contributed by atoms with E-state index in [0.29, 0.717) is 16.4 Å². The zero-order valence-electron chi connectivity index (χ0n) is 12.0. The minimum Gasteiger partial charge on any atom is -0.448 e. The molecule has 3 rings (SSSR count). The van der Waals surface area contributed by atoms with Crippen LogP contribution in [-0.4, -0.2) is 17.1 Å². The number of nitrogens with zero attached hydrogens (tertiary/aromatic N) is 2. The van der Waals surface area contributed by atoms with Crippen molar-refractivity contribution in [2.24, 2.45) is 5.10 Å². The Bertz CT molecular complexity index is 801. The van der Waals surface area contributed by atoms with Crippen molar-refractivity contribution in [3.8, 4) is 0 Å². The molecule has 0 radical (unpaired) electrons. The maximum Gasteiger partial charge on any atom is 0.271 e. The van der Waals surface area contributed by atoms with Gasteiger partial charge in [-0.25, -0.2) is 10.4 Å². The Morgan fingerprint density at radius 3 is 2.70 bits per heavy atom. The van der Waals surface area contributed by atoms with Crippen LogP contribution >= 0.6 is 11.8 Å². The summed E-state index contributed by atoms with van der Waals surface area (Å²) in [4.78, 5) is 16.0. The molecule has 0 saturated heterocycles. The van der Waals surface area contributed by atoms with Crippen molar-refractivity contribution in [3.63, 3.8) is 0 Å². The number of benzene rings is 1. The molecule has 1 amide bonds. The van der Waals surface area contributed by atoms with Crippen LogP contribution in [0.2, 0.25) is 0 Å². The summed E-state index contributed by atoms with van der Waals surface area (Å²) in [5, 5.41) is 5.45. The normalized spacial score (nSPS) is 10.8. The molecule has 2 aromatic heterocycles. The number of hydrazone groups is 1. The minimum atomic E-state index is -0.267. The summed E-state index contributed by atoms with van der Waals surface area (Å²) in [6.07, 6.45) is 3.19. The summed E-state index contributed by atoms with van der Waals surface area (Å²) in [7, 11) is 0. The van der Waals surface area contributed by atoms with E-state index in [-0.39, 0.29) is 5.91 Å². The van der Waals surface area contributed by atoms with Gasteiger partial charge in [0.05, 0.1) is 6.21 Å². The zero-order valence-corrected chi connectivity index (χ0v) is 12.9. The molecule has 0 atom stereocenters. The lowest BCUT2D eigenvalue weighted by atomic mass is 10.2. The highest BCUT2D eigenvalue weighted by Crippen LogP contribution is 2.26. The Hall–Kier alpha value is -2.86. The van der Waals surface area contributed by atoms with Gasteiger partial charge in [0.25, 0.3) is 5.91 Å². The number of carbonyl (C=O) groups excluding carboxylic acids is 1. The highest BCUT2D eigenvalue weighted by Gasteiger charge is 2.04. The molecule has 0 fully saturated rings. The highest BCUT2D eigenvalue weighted by atomic mass is 32.2. The Morgan fingerprint density at radius 1 is 1.09 bits per heavy atom. The molecule has 1 aromatic carbocycles. The Morgan fingerprint density at radius 2 is 1.91 bits per heavy atom. The summed E-state index contributed by atoms with van der Waals surface area (Å²) < 4.78 is 5.60. The van der Waals surface area contributed by atoms with Crippen molar-refractivity contribution >= 4 is 23.9 Å².